The van der Waals surface area contributed by atoms with E-state index in [1.807, 2.05) is 0 Å². The average molecular weight is 250 g/mol. The highest BCUT2D eigenvalue weighted by molar-refractivity contribution is 5.73. The van der Waals surface area contributed by atoms with Crippen LogP contribution in [0.2, 0.25) is 0 Å². The van der Waals surface area contributed by atoms with Crippen LogP contribution in [-0.4, -0.2) is 18.9 Å². The Morgan fingerprint density at radius 1 is 1.33 bits per heavy atom. The molecule has 2 aromatic heterocycles. The Morgan fingerprint density at radius 3 is 2.61 bits per heavy atom. The van der Waals surface area contributed by atoms with Crippen molar-refractivity contribution in [1.29, 1.82) is 0 Å². The fraction of sp³-hybridized carbons (Fsp3) is 0.583. The molecule has 2 rings (SSSR count). The molecule has 98 valence electrons. The fourth-order valence-electron chi connectivity index (χ4n) is 2.05. The van der Waals surface area contributed by atoms with Crippen molar-refractivity contribution >= 4 is 11.0 Å². The summed E-state index contributed by atoms with van der Waals surface area (Å²) in [6.45, 7) is 4.76. The zero-order valence-corrected chi connectivity index (χ0v) is 11.2. The van der Waals surface area contributed by atoms with Crippen LogP contribution in [0.1, 0.15) is 20.3 Å². The van der Waals surface area contributed by atoms with E-state index >= 15 is 0 Å². The number of rotatable bonds is 3. The van der Waals surface area contributed by atoms with E-state index in [2.05, 4.69) is 18.9 Å². The summed E-state index contributed by atoms with van der Waals surface area (Å²) in [6.07, 6.45) is 2.50. The fourth-order valence-corrected chi connectivity index (χ4v) is 2.05. The Labute approximate surface area is 104 Å². The Morgan fingerprint density at radius 2 is 2.00 bits per heavy atom. The van der Waals surface area contributed by atoms with Gasteiger partial charge in [0.2, 0.25) is 0 Å². The molecule has 0 spiro atoms. The summed E-state index contributed by atoms with van der Waals surface area (Å²) >= 11 is 0. The maximum absolute atomic E-state index is 12.2. The summed E-state index contributed by atoms with van der Waals surface area (Å²) in [5.74, 6) is 0.373. The zero-order valence-electron chi connectivity index (χ0n) is 11.2. The second-order valence-corrected chi connectivity index (χ2v) is 4.78. The Hall–Kier alpha value is -1.85. The first kappa shape index (κ1) is 12.6. The third kappa shape index (κ3) is 1.77. The summed E-state index contributed by atoms with van der Waals surface area (Å²) < 4.78 is 4.37. The van der Waals surface area contributed by atoms with Crippen molar-refractivity contribution in [2.24, 2.45) is 20.0 Å². The van der Waals surface area contributed by atoms with Gasteiger partial charge in [-0.3, -0.25) is 18.6 Å². The Kier molecular flexibility index (Phi) is 3.11. The minimum atomic E-state index is -0.288. The van der Waals surface area contributed by atoms with Gasteiger partial charge in [0.25, 0.3) is 5.56 Å². The predicted molar refractivity (Wildman–Crippen MR) is 69.7 cm³/mol. The molecule has 0 bridgehead atoms. The molecule has 1 unspecified atom stereocenters. The highest BCUT2D eigenvalue weighted by Gasteiger charge is 2.15. The number of fused-ring (bicyclic) bond motifs is 1. The van der Waals surface area contributed by atoms with Crippen LogP contribution >= 0.6 is 0 Å². The van der Waals surface area contributed by atoms with Gasteiger partial charge in [-0.25, -0.2) is 4.79 Å². The van der Waals surface area contributed by atoms with Gasteiger partial charge in [0.15, 0.2) is 0 Å². The normalized spacial score (nSPS) is 13.1. The summed E-state index contributed by atoms with van der Waals surface area (Å²) in [4.78, 5) is 24.2. The van der Waals surface area contributed by atoms with E-state index in [1.165, 1.54) is 13.2 Å². The number of hydrogen-bond acceptors (Lipinski definition) is 3. The monoisotopic (exact) mass is 250 g/mol. The van der Waals surface area contributed by atoms with Gasteiger partial charge in [0.05, 0.1) is 6.20 Å². The molecule has 18 heavy (non-hydrogen) atoms. The standard InChI is InChI=1S/C12H18N4O2/c1-5-8(2)7-16-10-9(6-13-15(10)4)11(17)14(3)12(16)18/h6,8H,5,7H2,1-4H3. The summed E-state index contributed by atoms with van der Waals surface area (Å²) in [5.41, 5.74) is 0.0308. The molecule has 0 aromatic carbocycles. The molecule has 0 saturated carbocycles. The number of hydrogen-bond donors (Lipinski definition) is 0. The zero-order chi connectivity index (χ0) is 13.4. The third-order valence-electron chi connectivity index (χ3n) is 3.41. The molecule has 0 amide bonds. The summed E-state index contributed by atoms with van der Waals surface area (Å²) in [7, 11) is 3.25. The molecule has 0 fully saturated rings. The van der Waals surface area contributed by atoms with Crippen molar-refractivity contribution in [3.05, 3.63) is 27.0 Å². The number of nitrogens with zero attached hydrogens (tertiary/aromatic N) is 4. The first-order chi connectivity index (χ1) is 8.47. The second kappa shape index (κ2) is 4.44. The Bertz CT molecular complexity index is 692. The SMILES string of the molecule is CCC(C)Cn1c(=O)n(C)c(=O)c2cnn(C)c21. The van der Waals surface area contributed by atoms with Crippen LogP contribution in [0.25, 0.3) is 11.0 Å². The molecular weight excluding hydrogens is 232 g/mol. The van der Waals surface area contributed by atoms with Crippen LogP contribution in [0.4, 0.5) is 0 Å². The van der Waals surface area contributed by atoms with Crippen molar-refractivity contribution in [1.82, 2.24) is 18.9 Å². The van der Waals surface area contributed by atoms with Crippen LogP contribution in [0.15, 0.2) is 15.8 Å². The first-order valence-corrected chi connectivity index (χ1v) is 6.08. The molecule has 0 radical (unpaired) electrons. The smallest absolute Gasteiger partial charge is 0.277 e. The van der Waals surface area contributed by atoms with E-state index in [4.69, 9.17) is 0 Å². The van der Waals surface area contributed by atoms with Gasteiger partial charge in [-0.05, 0) is 5.92 Å². The largest absolute Gasteiger partial charge is 0.332 e. The molecule has 0 aliphatic rings. The van der Waals surface area contributed by atoms with Crippen molar-refractivity contribution < 1.29 is 0 Å². The van der Waals surface area contributed by atoms with E-state index in [0.717, 1.165) is 11.0 Å². The van der Waals surface area contributed by atoms with E-state index < -0.39 is 0 Å². The molecule has 0 saturated heterocycles. The first-order valence-electron chi connectivity index (χ1n) is 6.08. The van der Waals surface area contributed by atoms with Crippen LogP contribution in [0, 0.1) is 5.92 Å². The second-order valence-electron chi connectivity index (χ2n) is 4.78. The summed E-state index contributed by atoms with van der Waals surface area (Å²) in [5, 5.41) is 4.56. The maximum Gasteiger partial charge on any atom is 0.332 e. The van der Waals surface area contributed by atoms with E-state index in [-0.39, 0.29) is 11.2 Å². The molecule has 1 atom stereocenters. The Balaban J connectivity index is 2.82. The van der Waals surface area contributed by atoms with Gasteiger partial charge in [-0.15, -0.1) is 0 Å². The maximum atomic E-state index is 12.2. The van der Waals surface area contributed by atoms with Crippen molar-refractivity contribution in [3.8, 4) is 0 Å². The number of aryl methyl sites for hydroxylation is 1. The van der Waals surface area contributed by atoms with E-state index in [1.54, 1.807) is 16.3 Å². The van der Waals surface area contributed by atoms with Crippen LogP contribution < -0.4 is 11.2 Å². The lowest BCUT2D eigenvalue weighted by atomic mass is 10.1. The lowest BCUT2D eigenvalue weighted by Gasteiger charge is -2.14. The highest BCUT2D eigenvalue weighted by atomic mass is 16.2. The van der Waals surface area contributed by atoms with Gasteiger partial charge < -0.3 is 0 Å². The minimum Gasteiger partial charge on any atom is -0.277 e. The van der Waals surface area contributed by atoms with Gasteiger partial charge in [-0.1, -0.05) is 20.3 Å². The third-order valence-corrected chi connectivity index (χ3v) is 3.41. The molecular formula is C12H18N4O2. The van der Waals surface area contributed by atoms with Gasteiger partial charge in [0.1, 0.15) is 11.0 Å². The van der Waals surface area contributed by atoms with Crippen LogP contribution in [-0.2, 0) is 20.6 Å². The van der Waals surface area contributed by atoms with Crippen LogP contribution in [0.5, 0.6) is 0 Å². The molecule has 2 heterocycles. The number of aromatic nitrogens is 4. The molecule has 0 aliphatic carbocycles. The van der Waals surface area contributed by atoms with E-state index in [0.29, 0.717) is 23.5 Å². The van der Waals surface area contributed by atoms with Gasteiger partial charge in [0, 0.05) is 20.6 Å². The lowest BCUT2D eigenvalue weighted by molar-refractivity contribution is 0.450. The molecule has 0 N–H and O–H groups in total. The van der Waals surface area contributed by atoms with Crippen LogP contribution in [0.3, 0.4) is 0 Å². The molecule has 2 aromatic rings. The van der Waals surface area contributed by atoms with Gasteiger partial charge in [-0.2, -0.15) is 5.10 Å². The highest BCUT2D eigenvalue weighted by Crippen LogP contribution is 2.10. The van der Waals surface area contributed by atoms with Crippen molar-refractivity contribution in [2.45, 2.75) is 26.8 Å². The van der Waals surface area contributed by atoms with E-state index in [9.17, 15) is 9.59 Å². The average Bonchev–Trinajstić information content (AvgIpc) is 2.74. The molecule has 0 aliphatic heterocycles. The molecule has 6 nitrogen and oxygen atoms in total. The minimum absolute atomic E-state index is 0.281. The topological polar surface area (TPSA) is 61.8 Å². The summed E-state index contributed by atoms with van der Waals surface area (Å²) in [6, 6.07) is 0. The van der Waals surface area contributed by atoms with Gasteiger partial charge >= 0.3 is 5.69 Å². The van der Waals surface area contributed by atoms with Crippen molar-refractivity contribution in [3.63, 3.8) is 0 Å². The predicted octanol–water partition coefficient (Wildman–Crippen LogP) is 0.480. The van der Waals surface area contributed by atoms with Crippen molar-refractivity contribution in [2.75, 3.05) is 0 Å². The lowest BCUT2D eigenvalue weighted by Crippen LogP contribution is -2.39. The molecule has 6 heteroatoms. The quantitative estimate of drug-likeness (QED) is 0.796.